The summed E-state index contributed by atoms with van der Waals surface area (Å²) >= 11 is 3.43. The fraction of sp³-hybridized carbons (Fsp3) is 0. The van der Waals surface area contributed by atoms with E-state index >= 15 is 0 Å². The highest BCUT2D eigenvalue weighted by Crippen LogP contribution is 2.44. The van der Waals surface area contributed by atoms with E-state index in [4.69, 9.17) is 5.10 Å². The van der Waals surface area contributed by atoms with Crippen LogP contribution in [0.5, 0.6) is 0 Å². The van der Waals surface area contributed by atoms with Crippen molar-refractivity contribution in [2.24, 2.45) is 0 Å². The van der Waals surface area contributed by atoms with Crippen molar-refractivity contribution >= 4 is 26.7 Å². The van der Waals surface area contributed by atoms with Gasteiger partial charge in [0.15, 0.2) is 0 Å². The molecule has 24 heavy (non-hydrogen) atoms. The van der Waals surface area contributed by atoms with Crippen LogP contribution in [0.25, 0.3) is 38.8 Å². The Morgan fingerprint density at radius 1 is 0.792 bits per heavy atom. The van der Waals surface area contributed by atoms with E-state index in [2.05, 4.69) is 34.1 Å². The average Bonchev–Trinajstić information content (AvgIpc) is 2.94. The molecule has 0 radical (unpaired) electrons. The van der Waals surface area contributed by atoms with Gasteiger partial charge in [0.05, 0.1) is 11.1 Å². The molecule has 4 heteroatoms. The van der Waals surface area contributed by atoms with E-state index in [0.717, 1.165) is 37.9 Å². The fourth-order valence-electron chi connectivity index (χ4n) is 3.39. The highest BCUT2D eigenvalue weighted by molar-refractivity contribution is 9.10. The first-order valence-corrected chi connectivity index (χ1v) is 8.45. The molecule has 0 spiro atoms. The third-order valence-corrected chi connectivity index (χ3v) is 5.00. The number of hydrogen-bond acceptors (Lipinski definition) is 2. The van der Waals surface area contributed by atoms with Crippen LogP contribution < -0.4 is 5.56 Å². The van der Waals surface area contributed by atoms with Gasteiger partial charge in [-0.25, -0.2) is 0 Å². The van der Waals surface area contributed by atoms with Crippen molar-refractivity contribution in [1.82, 2.24) is 9.78 Å². The molecule has 1 aliphatic carbocycles. The van der Waals surface area contributed by atoms with Gasteiger partial charge in [-0.05, 0) is 41.5 Å². The number of rotatable bonds is 1. The SMILES string of the molecule is O=c1c2cccc3c2c(nn1-c1ccc(Br)cc1)-c1ccccc1-3. The van der Waals surface area contributed by atoms with Crippen LogP contribution in [0.4, 0.5) is 0 Å². The Kier molecular flexibility index (Phi) is 2.79. The molecule has 0 N–H and O–H groups in total. The predicted octanol–water partition coefficient (Wildman–Crippen LogP) is 4.80. The third-order valence-electron chi connectivity index (χ3n) is 4.47. The summed E-state index contributed by atoms with van der Waals surface area (Å²) in [5.41, 5.74) is 4.85. The summed E-state index contributed by atoms with van der Waals surface area (Å²) < 4.78 is 2.47. The maximum absolute atomic E-state index is 13.0. The minimum Gasteiger partial charge on any atom is -0.267 e. The molecule has 4 aromatic rings. The molecule has 0 atom stereocenters. The average molecular weight is 375 g/mol. The van der Waals surface area contributed by atoms with Gasteiger partial charge in [0.2, 0.25) is 0 Å². The summed E-state index contributed by atoms with van der Waals surface area (Å²) in [5, 5.41) is 6.36. The first kappa shape index (κ1) is 13.7. The molecule has 0 fully saturated rings. The maximum Gasteiger partial charge on any atom is 0.279 e. The van der Waals surface area contributed by atoms with Crippen molar-refractivity contribution in [3.63, 3.8) is 0 Å². The summed E-state index contributed by atoms with van der Waals surface area (Å²) in [5.74, 6) is 0. The van der Waals surface area contributed by atoms with Crippen LogP contribution in [-0.2, 0) is 0 Å². The van der Waals surface area contributed by atoms with Gasteiger partial charge in [-0.1, -0.05) is 52.3 Å². The van der Waals surface area contributed by atoms with Gasteiger partial charge in [-0.15, -0.1) is 0 Å². The van der Waals surface area contributed by atoms with Crippen LogP contribution in [0.1, 0.15) is 0 Å². The fourth-order valence-corrected chi connectivity index (χ4v) is 3.65. The second-order valence-corrected chi connectivity index (χ2v) is 6.73. The molecular weight excluding hydrogens is 364 g/mol. The Morgan fingerprint density at radius 2 is 1.50 bits per heavy atom. The van der Waals surface area contributed by atoms with Crippen LogP contribution in [0.15, 0.2) is 76.0 Å². The van der Waals surface area contributed by atoms with Crippen molar-refractivity contribution in [2.45, 2.75) is 0 Å². The van der Waals surface area contributed by atoms with Crippen molar-refractivity contribution in [1.29, 1.82) is 0 Å². The molecule has 0 unspecified atom stereocenters. The smallest absolute Gasteiger partial charge is 0.267 e. The molecule has 1 heterocycles. The number of halogens is 1. The summed E-state index contributed by atoms with van der Waals surface area (Å²) in [7, 11) is 0. The summed E-state index contributed by atoms with van der Waals surface area (Å²) in [4.78, 5) is 13.0. The maximum atomic E-state index is 13.0. The molecule has 0 aliphatic heterocycles. The normalized spacial score (nSPS) is 11.7. The van der Waals surface area contributed by atoms with Gasteiger partial charge in [0.1, 0.15) is 5.69 Å². The number of benzene rings is 3. The molecule has 1 aromatic heterocycles. The first-order valence-electron chi connectivity index (χ1n) is 7.66. The Balaban J connectivity index is 1.92. The van der Waals surface area contributed by atoms with E-state index in [9.17, 15) is 4.79 Å². The van der Waals surface area contributed by atoms with Gasteiger partial charge in [-0.3, -0.25) is 4.79 Å². The lowest BCUT2D eigenvalue weighted by Gasteiger charge is -2.09. The lowest BCUT2D eigenvalue weighted by Crippen LogP contribution is -2.21. The highest BCUT2D eigenvalue weighted by Gasteiger charge is 2.24. The van der Waals surface area contributed by atoms with Crippen molar-refractivity contribution in [3.05, 3.63) is 81.6 Å². The molecule has 0 amide bonds. The van der Waals surface area contributed by atoms with Crippen LogP contribution in [0, 0.1) is 0 Å². The van der Waals surface area contributed by atoms with Crippen molar-refractivity contribution < 1.29 is 0 Å². The van der Waals surface area contributed by atoms with Gasteiger partial charge in [0, 0.05) is 15.4 Å². The second-order valence-electron chi connectivity index (χ2n) is 5.82. The van der Waals surface area contributed by atoms with E-state index in [1.165, 1.54) is 4.68 Å². The molecule has 114 valence electrons. The van der Waals surface area contributed by atoms with Crippen molar-refractivity contribution in [3.8, 4) is 28.1 Å². The monoisotopic (exact) mass is 374 g/mol. The van der Waals surface area contributed by atoms with E-state index in [0.29, 0.717) is 5.39 Å². The zero-order chi connectivity index (χ0) is 16.3. The Bertz CT molecular complexity index is 1180. The van der Waals surface area contributed by atoms with E-state index in [1.54, 1.807) is 0 Å². The molecular formula is C20H11BrN2O. The molecule has 3 aromatic carbocycles. The molecule has 5 rings (SSSR count). The molecule has 0 saturated carbocycles. The number of aromatic nitrogens is 2. The number of fused-ring (bicyclic) bond motifs is 3. The van der Waals surface area contributed by atoms with Crippen LogP contribution in [-0.4, -0.2) is 9.78 Å². The first-order chi connectivity index (χ1) is 11.7. The third kappa shape index (κ3) is 1.77. The van der Waals surface area contributed by atoms with Gasteiger partial charge >= 0.3 is 0 Å². The summed E-state index contributed by atoms with van der Waals surface area (Å²) in [6.45, 7) is 0. The zero-order valence-electron chi connectivity index (χ0n) is 12.5. The molecule has 0 bridgehead atoms. The minimum atomic E-state index is -0.0919. The lowest BCUT2D eigenvalue weighted by atomic mass is 10.0. The quantitative estimate of drug-likeness (QED) is 0.422. The standard InChI is InChI=1S/C20H11BrN2O/c21-12-8-10-13(11-9-12)23-20(24)17-7-3-6-15-14-4-1-2-5-16(14)19(22-23)18(15)17/h1-11H. The van der Waals surface area contributed by atoms with Gasteiger partial charge in [0.25, 0.3) is 5.56 Å². The number of hydrogen-bond donors (Lipinski definition) is 0. The molecule has 3 nitrogen and oxygen atoms in total. The zero-order valence-corrected chi connectivity index (χ0v) is 14.1. The summed E-state index contributed by atoms with van der Waals surface area (Å²) in [6, 6.07) is 21.7. The lowest BCUT2D eigenvalue weighted by molar-refractivity contribution is 0.827. The van der Waals surface area contributed by atoms with E-state index < -0.39 is 0 Å². The van der Waals surface area contributed by atoms with Crippen LogP contribution in [0.2, 0.25) is 0 Å². The van der Waals surface area contributed by atoms with E-state index in [-0.39, 0.29) is 5.56 Å². The van der Waals surface area contributed by atoms with Gasteiger partial charge in [-0.2, -0.15) is 9.78 Å². The Hall–Kier alpha value is -2.72. The summed E-state index contributed by atoms with van der Waals surface area (Å²) in [6.07, 6.45) is 0. The van der Waals surface area contributed by atoms with Gasteiger partial charge < -0.3 is 0 Å². The Morgan fingerprint density at radius 3 is 2.29 bits per heavy atom. The van der Waals surface area contributed by atoms with Crippen LogP contribution >= 0.6 is 15.9 Å². The van der Waals surface area contributed by atoms with Crippen molar-refractivity contribution in [2.75, 3.05) is 0 Å². The molecule has 1 aliphatic rings. The topological polar surface area (TPSA) is 34.9 Å². The predicted molar refractivity (Wildman–Crippen MR) is 99.5 cm³/mol. The number of nitrogens with zero attached hydrogens (tertiary/aromatic N) is 2. The second kappa shape index (κ2) is 4.89. The van der Waals surface area contributed by atoms with Crippen LogP contribution in [0.3, 0.4) is 0 Å². The molecule has 0 saturated heterocycles. The minimum absolute atomic E-state index is 0.0919. The largest absolute Gasteiger partial charge is 0.279 e. The highest BCUT2D eigenvalue weighted by atomic mass is 79.9. The van der Waals surface area contributed by atoms with E-state index in [1.807, 2.05) is 48.5 Å². The Labute approximate surface area is 146 Å².